The molecule has 0 saturated heterocycles. The van der Waals surface area contributed by atoms with Crippen molar-refractivity contribution < 1.29 is 9.53 Å². The second kappa shape index (κ2) is 7.16. The first kappa shape index (κ1) is 17.2. The number of nitrogens with one attached hydrogen (secondary N) is 2. The van der Waals surface area contributed by atoms with Gasteiger partial charge in [0.1, 0.15) is 12.4 Å². The van der Waals surface area contributed by atoms with Gasteiger partial charge in [0.25, 0.3) is 0 Å². The van der Waals surface area contributed by atoms with Gasteiger partial charge in [-0.1, -0.05) is 11.6 Å². The van der Waals surface area contributed by atoms with E-state index >= 15 is 0 Å². The molecule has 5 rings (SSSR count). The summed E-state index contributed by atoms with van der Waals surface area (Å²) in [6.45, 7) is 1.40. The van der Waals surface area contributed by atoms with E-state index in [4.69, 9.17) is 16.3 Å². The fraction of sp³-hybridized carbons (Fsp3) is 0.650. The topological polar surface area (TPSA) is 50.4 Å². The number of rotatable bonds is 7. The molecule has 0 aromatic heterocycles. The highest BCUT2D eigenvalue weighted by Crippen LogP contribution is 2.55. The Morgan fingerprint density at radius 2 is 1.68 bits per heavy atom. The smallest absolute Gasteiger partial charge is 0.234 e. The minimum absolute atomic E-state index is 0.0652. The summed E-state index contributed by atoms with van der Waals surface area (Å²) in [5, 5.41) is 7.26. The molecule has 4 aliphatic carbocycles. The molecule has 5 heteroatoms. The molecule has 4 bridgehead atoms. The standard InChI is InChI=1S/C20H27ClN2O2/c21-17-1-3-18(4-2-17)25-6-5-22-19(24)13-23-20-10-14-7-15(11-20)9-16(8-14)12-20/h1-4,14-16,23H,5-13H2,(H,22,24). The Balaban J connectivity index is 1.17. The van der Waals surface area contributed by atoms with Gasteiger partial charge in [0.15, 0.2) is 0 Å². The van der Waals surface area contributed by atoms with E-state index in [1.54, 1.807) is 12.1 Å². The summed E-state index contributed by atoms with van der Waals surface area (Å²) in [4.78, 5) is 12.1. The fourth-order valence-electron chi connectivity index (χ4n) is 5.55. The third-order valence-electron chi connectivity index (χ3n) is 6.17. The van der Waals surface area contributed by atoms with Crippen LogP contribution in [-0.4, -0.2) is 31.1 Å². The summed E-state index contributed by atoms with van der Waals surface area (Å²) in [5.41, 5.74) is 0.242. The second-order valence-corrected chi connectivity index (χ2v) is 8.64. The van der Waals surface area contributed by atoms with Crippen LogP contribution in [0.5, 0.6) is 5.75 Å². The summed E-state index contributed by atoms with van der Waals surface area (Å²) in [5.74, 6) is 3.53. The number of hydrogen-bond acceptors (Lipinski definition) is 3. The quantitative estimate of drug-likeness (QED) is 0.731. The van der Waals surface area contributed by atoms with Crippen LogP contribution in [0.25, 0.3) is 0 Å². The van der Waals surface area contributed by atoms with Gasteiger partial charge in [-0.3, -0.25) is 4.79 Å². The van der Waals surface area contributed by atoms with Gasteiger partial charge in [-0.05, 0) is 80.5 Å². The predicted molar refractivity (Wildman–Crippen MR) is 98.9 cm³/mol. The van der Waals surface area contributed by atoms with Crippen molar-refractivity contribution in [3.05, 3.63) is 29.3 Å². The molecular formula is C20H27ClN2O2. The van der Waals surface area contributed by atoms with Gasteiger partial charge in [-0.15, -0.1) is 0 Å². The number of benzene rings is 1. The van der Waals surface area contributed by atoms with Crippen LogP contribution in [-0.2, 0) is 4.79 Å². The molecule has 0 heterocycles. The molecule has 4 aliphatic rings. The molecule has 1 aromatic rings. The van der Waals surface area contributed by atoms with E-state index in [0.29, 0.717) is 24.7 Å². The number of carbonyl (C=O) groups excluding carboxylic acids is 1. The Hall–Kier alpha value is -1.26. The molecule has 2 N–H and O–H groups in total. The lowest BCUT2D eigenvalue weighted by Gasteiger charge is -2.57. The molecule has 0 aliphatic heterocycles. The van der Waals surface area contributed by atoms with Crippen LogP contribution in [0.3, 0.4) is 0 Å². The van der Waals surface area contributed by atoms with E-state index in [2.05, 4.69) is 10.6 Å². The third kappa shape index (κ3) is 4.12. The van der Waals surface area contributed by atoms with Crippen LogP contribution in [0.2, 0.25) is 5.02 Å². The van der Waals surface area contributed by atoms with Crippen molar-refractivity contribution in [2.45, 2.75) is 44.1 Å². The molecule has 0 spiro atoms. The van der Waals surface area contributed by atoms with Crippen LogP contribution in [0.4, 0.5) is 0 Å². The Morgan fingerprint density at radius 1 is 1.08 bits per heavy atom. The average Bonchev–Trinajstić information content (AvgIpc) is 2.57. The van der Waals surface area contributed by atoms with Crippen molar-refractivity contribution in [3.63, 3.8) is 0 Å². The number of halogens is 1. The maximum absolute atomic E-state index is 12.1. The molecule has 0 radical (unpaired) electrons. The molecule has 25 heavy (non-hydrogen) atoms. The van der Waals surface area contributed by atoms with Gasteiger partial charge < -0.3 is 15.4 Å². The first-order chi connectivity index (χ1) is 12.1. The Kier molecular flexibility index (Phi) is 4.92. The molecule has 4 saturated carbocycles. The van der Waals surface area contributed by atoms with Crippen molar-refractivity contribution >= 4 is 17.5 Å². The SMILES string of the molecule is O=C(CNC12CC3CC(CC(C3)C1)C2)NCCOc1ccc(Cl)cc1. The summed E-state index contributed by atoms with van der Waals surface area (Å²) >= 11 is 5.84. The lowest BCUT2D eigenvalue weighted by Crippen LogP contribution is -2.59. The zero-order valence-electron chi connectivity index (χ0n) is 14.6. The minimum Gasteiger partial charge on any atom is -0.492 e. The average molecular weight is 363 g/mol. The minimum atomic E-state index is 0.0652. The van der Waals surface area contributed by atoms with Gasteiger partial charge >= 0.3 is 0 Å². The Labute approximate surface area is 154 Å². The third-order valence-corrected chi connectivity index (χ3v) is 6.42. The molecular weight excluding hydrogens is 336 g/mol. The molecule has 4 nitrogen and oxygen atoms in total. The van der Waals surface area contributed by atoms with Crippen molar-refractivity contribution in [2.24, 2.45) is 17.8 Å². The molecule has 4 fully saturated rings. The fourth-order valence-corrected chi connectivity index (χ4v) is 5.67. The molecule has 136 valence electrons. The zero-order chi connectivity index (χ0) is 17.3. The van der Waals surface area contributed by atoms with Gasteiger partial charge in [-0.25, -0.2) is 0 Å². The van der Waals surface area contributed by atoms with E-state index in [1.165, 1.54) is 38.5 Å². The summed E-state index contributed by atoms with van der Waals surface area (Å²) in [6.07, 6.45) is 8.09. The highest BCUT2D eigenvalue weighted by atomic mass is 35.5. The second-order valence-electron chi connectivity index (χ2n) is 8.20. The van der Waals surface area contributed by atoms with E-state index in [-0.39, 0.29) is 11.4 Å². The van der Waals surface area contributed by atoms with Gasteiger partial charge in [-0.2, -0.15) is 0 Å². The van der Waals surface area contributed by atoms with Gasteiger partial charge in [0.05, 0.1) is 13.1 Å². The Bertz CT molecular complexity index is 581. The zero-order valence-corrected chi connectivity index (χ0v) is 15.4. The van der Waals surface area contributed by atoms with Crippen LogP contribution in [0.15, 0.2) is 24.3 Å². The van der Waals surface area contributed by atoms with Gasteiger partial charge in [0, 0.05) is 10.6 Å². The largest absolute Gasteiger partial charge is 0.492 e. The predicted octanol–water partition coefficient (Wildman–Crippen LogP) is 3.39. The van der Waals surface area contributed by atoms with Crippen LogP contribution >= 0.6 is 11.6 Å². The maximum Gasteiger partial charge on any atom is 0.234 e. The maximum atomic E-state index is 12.1. The van der Waals surface area contributed by atoms with E-state index in [9.17, 15) is 4.79 Å². The van der Waals surface area contributed by atoms with Crippen LogP contribution in [0.1, 0.15) is 38.5 Å². The summed E-state index contributed by atoms with van der Waals surface area (Å²) in [6, 6.07) is 7.26. The first-order valence-corrected chi connectivity index (χ1v) is 9.88. The van der Waals surface area contributed by atoms with Crippen LogP contribution < -0.4 is 15.4 Å². The van der Waals surface area contributed by atoms with E-state index in [0.717, 1.165) is 23.5 Å². The lowest BCUT2D eigenvalue weighted by atomic mass is 9.53. The van der Waals surface area contributed by atoms with E-state index < -0.39 is 0 Å². The number of ether oxygens (including phenoxy) is 1. The molecule has 1 amide bonds. The summed E-state index contributed by atoms with van der Waals surface area (Å²) in [7, 11) is 0. The number of carbonyl (C=O) groups is 1. The first-order valence-electron chi connectivity index (χ1n) is 9.50. The number of hydrogen-bond donors (Lipinski definition) is 2. The normalized spacial score (nSPS) is 32.6. The number of amides is 1. The van der Waals surface area contributed by atoms with E-state index in [1.807, 2.05) is 12.1 Å². The highest BCUT2D eigenvalue weighted by molar-refractivity contribution is 6.30. The lowest BCUT2D eigenvalue weighted by molar-refractivity contribution is -0.121. The highest BCUT2D eigenvalue weighted by Gasteiger charge is 2.50. The Morgan fingerprint density at radius 3 is 2.28 bits per heavy atom. The van der Waals surface area contributed by atoms with Crippen molar-refractivity contribution in [1.29, 1.82) is 0 Å². The molecule has 0 atom stereocenters. The van der Waals surface area contributed by atoms with Crippen molar-refractivity contribution in [2.75, 3.05) is 19.7 Å². The van der Waals surface area contributed by atoms with Crippen LogP contribution in [0, 0.1) is 17.8 Å². The van der Waals surface area contributed by atoms with Crippen molar-refractivity contribution in [3.8, 4) is 5.75 Å². The van der Waals surface area contributed by atoms with Crippen molar-refractivity contribution in [1.82, 2.24) is 10.6 Å². The molecule has 0 unspecified atom stereocenters. The summed E-state index contributed by atoms with van der Waals surface area (Å²) < 4.78 is 5.60. The monoisotopic (exact) mass is 362 g/mol. The van der Waals surface area contributed by atoms with Gasteiger partial charge in [0.2, 0.25) is 5.91 Å². The molecule has 1 aromatic carbocycles.